The van der Waals surface area contributed by atoms with Gasteiger partial charge in [-0.2, -0.15) is 0 Å². The van der Waals surface area contributed by atoms with Gasteiger partial charge in [0.05, 0.1) is 13.2 Å². The molecule has 112 valence electrons. The molecular weight excluding hydrogens is 292 g/mol. The average molecular weight is 309 g/mol. The van der Waals surface area contributed by atoms with Gasteiger partial charge in [-0.25, -0.2) is 14.5 Å². The van der Waals surface area contributed by atoms with Crippen molar-refractivity contribution >= 4 is 17.6 Å². The van der Waals surface area contributed by atoms with Crippen LogP contribution >= 0.6 is 11.6 Å². The molecular formula is C14H17ClN4O2. The van der Waals surface area contributed by atoms with Gasteiger partial charge in [0.15, 0.2) is 0 Å². The van der Waals surface area contributed by atoms with Gasteiger partial charge in [-0.3, -0.25) is 0 Å². The lowest BCUT2D eigenvalue weighted by atomic mass is 9.98. The number of nitrogens with two attached hydrogens (primary N) is 1. The zero-order valence-electron chi connectivity index (χ0n) is 11.9. The van der Waals surface area contributed by atoms with Crippen LogP contribution < -0.4 is 5.73 Å². The molecule has 0 aliphatic heterocycles. The van der Waals surface area contributed by atoms with Crippen LogP contribution in [0.2, 0.25) is 5.02 Å². The Bertz CT molecular complexity index is 612. The highest BCUT2D eigenvalue weighted by Crippen LogP contribution is 2.23. The smallest absolute Gasteiger partial charge is 0.377 e. The molecule has 1 aromatic carbocycles. The first-order valence-electron chi connectivity index (χ1n) is 6.57. The average Bonchev–Trinajstić information content (AvgIpc) is 2.98. The van der Waals surface area contributed by atoms with Crippen molar-refractivity contribution in [2.75, 3.05) is 7.11 Å². The predicted octanol–water partition coefficient (Wildman–Crippen LogP) is 2.04. The molecule has 2 N–H and O–H groups in total. The fourth-order valence-electron chi connectivity index (χ4n) is 2.07. The van der Waals surface area contributed by atoms with Gasteiger partial charge in [0.1, 0.15) is 6.33 Å². The highest BCUT2D eigenvalue weighted by molar-refractivity contribution is 6.30. The van der Waals surface area contributed by atoms with Gasteiger partial charge in [-0.1, -0.05) is 30.7 Å². The van der Waals surface area contributed by atoms with Crippen LogP contribution in [-0.2, 0) is 4.74 Å². The number of benzene rings is 1. The van der Waals surface area contributed by atoms with Gasteiger partial charge in [-0.15, -0.1) is 5.10 Å². The van der Waals surface area contributed by atoms with Crippen molar-refractivity contribution in [2.24, 2.45) is 5.73 Å². The lowest BCUT2D eigenvalue weighted by molar-refractivity contribution is 0.0586. The third kappa shape index (κ3) is 3.40. The zero-order valence-corrected chi connectivity index (χ0v) is 12.6. The Morgan fingerprint density at radius 2 is 2.10 bits per heavy atom. The molecule has 0 amide bonds. The maximum atomic E-state index is 11.5. The first-order valence-corrected chi connectivity index (χ1v) is 6.95. The van der Waals surface area contributed by atoms with Crippen LogP contribution in [0.3, 0.4) is 0 Å². The highest BCUT2D eigenvalue weighted by Gasteiger charge is 2.23. The fourth-order valence-corrected chi connectivity index (χ4v) is 2.20. The third-order valence-corrected chi connectivity index (χ3v) is 3.50. The summed E-state index contributed by atoms with van der Waals surface area (Å²) >= 11 is 5.91. The summed E-state index contributed by atoms with van der Waals surface area (Å²) in [5.41, 5.74) is 7.15. The molecule has 0 spiro atoms. The minimum atomic E-state index is -0.575. The molecule has 2 aromatic rings. The van der Waals surface area contributed by atoms with Crippen LogP contribution in [0.5, 0.6) is 0 Å². The Hall–Kier alpha value is -1.92. The molecule has 1 aromatic heterocycles. The lowest BCUT2D eigenvalue weighted by Crippen LogP contribution is -2.33. The maximum absolute atomic E-state index is 11.5. The van der Waals surface area contributed by atoms with E-state index in [-0.39, 0.29) is 17.9 Å². The van der Waals surface area contributed by atoms with Crippen molar-refractivity contribution in [2.45, 2.75) is 25.4 Å². The molecule has 0 aliphatic rings. The van der Waals surface area contributed by atoms with Crippen LogP contribution in [0.25, 0.3) is 0 Å². The Balaban J connectivity index is 2.38. The monoisotopic (exact) mass is 308 g/mol. The Kier molecular flexibility index (Phi) is 4.93. The van der Waals surface area contributed by atoms with Gasteiger partial charge in [0.2, 0.25) is 0 Å². The minimum absolute atomic E-state index is 0.0137. The molecule has 1 heterocycles. The number of nitrogens with zero attached hydrogens (tertiary/aromatic N) is 3. The molecule has 0 bridgehead atoms. The summed E-state index contributed by atoms with van der Waals surface area (Å²) in [5.74, 6) is -0.562. The number of rotatable bonds is 5. The molecule has 0 radical (unpaired) electrons. The van der Waals surface area contributed by atoms with E-state index in [1.165, 1.54) is 13.4 Å². The van der Waals surface area contributed by atoms with E-state index in [1.807, 2.05) is 19.1 Å². The van der Waals surface area contributed by atoms with E-state index >= 15 is 0 Å². The van der Waals surface area contributed by atoms with Gasteiger partial charge in [0.25, 0.3) is 5.82 Å². The number of hydrogen-bond acceptors (Lipinski definition) is 5. The molecule has 0 fully saturated rings. The van der Waals surface area contributed by atoms with Crippen molar-refractivity contribution in [3.8, 4) is 0 Å². The standard InChI is InChI=1S/C14H17ClN4O2/c1-3-11(16)12(9-4-6-10(15)7-5-9)19-8-17-13(18-19)14(20)21-2/h4-8,11-12H,3,16H2,1-2H3. The summed E-state index contributed by atoms with van der Waals surface area (Å²) < 4.78 is 6.20. The van der Waals surface area contributed by atoms with Gasteiger partial charge in [-0.05, 0) is 24.1 Å². The number of carbonyl (C=O) groups excluding carboxylic acids is 1. The molecule has 0 saturated carbocycles. The Morgan fingerprint density at radius 1 is 1.43 bits per heavy atom. The lowest BCUT2D eigenvalue weighted by Gasteiger charge is -2.23. The second-order valence-corrected chi connectivity index (χ2v) is 5.04. The number of carbonyl (C=O) groups is 1. The van der Waals surface area contributed by atoms with Crippen LogP contribution in [0, 0.1) is 0 Å². The first-order chi connectivity index (χ1) is 10.1. The highest BCUT2D eigenvalue weighted by atomic mass is 35.5. The summed E-state index contributed by atoms with van der Waals surface area (Å²) in [6, 6.07) is 6.98. The topological polar surface area (TPSA) is 83.0 Å². The molecule has 0 aliphatic carbocycles. The summed E-state index contributed by atoms with van der Waals surface area (Å²) in [6.45, 7) is 1.99. The van der Waals surface area contributed by atoms with Gasteiger partial charge in [0, 0.05) is 11.1 Å². The molecule has 2 rings (SSSR count). The van der Waals surface area contributed by atoms with Gasteiger partial charge < -0.3 is 10.5 Å². The van der Waals surface area contributed by atoms with E-state index in [9.17, 15) is 4.79 Å². The Labute approximate surface area is 127 Å². The molecule has 21 heavy (non-hydrogen) atoms. The number of methoxy groups -OCH3 is 1. The van der Waals surface area contributed by atoms with E-state index in [4.69, 9.17) is 17.3 Å². The van der Waals surface area contributed by atoms with Crippen molar-refractivity contribution < 1.29 is 9.53 Å². The molecule has 0 saturated heterocycles. The van der Waals surface area contributed by atoms with Crippen LogP contribution in [-0.4, -0.2) is 33.9 Å². The summed E-state index contributed by atoms with van der Waals surface area (Å²) in [7, 11) is 1.29. The van der Waals surface area contributed by atoms with E-state index in [0.29, 0.717) is 5.02 Å². The third-order valence-electron chi connectivity index (χ3n) is 3.25. The minimum Gasteiger partial charge on any atom is -0.463 e. The summed E-state index contributed by atoms with van der Waals surface area (Å²) in [4.78, 5) is 15.4. The second-order valence-electron chi connectivity index (χ2n) is 4.61. The van der Waals surface area contributed by atoms with Gasteiger partial charge >= 0.3 is 5.97 Å². The molecule has 2 atom stereocenters. The largest absolute Gasteiger partial charge is 0.463 e. The number of hydrogen-bond donors (Lipinski definition) is 1. The van der Waals surface area contributed by atoms with Crippen LogP contribution in [0.1, 0.15) is 35.6 Å². The van der Waals surface area contributed by atoms with E-state index in [1.54, 1.807) is 16.8 Å². The normalized spacial score (nSPS) is 13.7. The van der Waals surface area contributed by atoms with Crippen molar-refractivity contribution in [3.05, 3.63) is 47.0 Å². The summed E-state index contributed by atoms with van der Waals surface area (Å²) in [6.07, 6.45) is 2.24. The maximum Gasteiger partial charge on any atom is 0.377 e. The summed E-state index contributed by atoms with van der Waals surface area (Å²) in [5, 5.41) is 4.82. The second kappa shape index (κ2) is 6.69. The van der Waals surface area contributed by atoms with Crippen molar-refractivity contribution in [3.63, 3.8) is 0 Å². The fraction of sp³-hybridized carbons (Fsp3) is 0.357. The molecule has 6 nitrogen and oxygen atoms in total. The zero-order chi connectivity index (χ0) is 15.4. The van der Waals surface area contributed by atoms with E-state index in [0.717, 1.165) is 12.0 Å². The van der Waals surface area contributed by atoms with Crippen molar-refractivity contribution in [1.29, 1.82) is 0 Å². The van der Waals surface area contributed by atoms with Crippen LogP contribution in [0.15, 0.2) is 30.6 Å². The number of aromatic nitrogens is 3. The quantitative estimate of drug-likeness (QED) is 0.855. The number of ether oxygens (including phenoxy) is 1. The SMILES string of the molecule is CCC(N)C(c1ccc(Cl)cc1)n1cnc(C(=O)OC)n1. The molecule has 2 unspecified atom stereocenters. The number of esters is 1. The first kappa shape index (κ1) is 15.5. The Morgan fingerprint density at radius 3 is 2.67 bits per heavy atom. The number of halogens is 1. The van der Waals surface area contributed by atoms with Crippen molar-refractivity contribution in [1.82, 2.24) is 14.8 Å². The predicted molar refractivity (Wildman–Crippen MR) is 79.2 cm³/mol. The molecule has 7 heteroatoms. The van der Waals surface area contributed by atoms with E-state index in [2.05, 4.69) is 14.8 Å². The van der Waals surface area contributed by atoms with Crippen LogP contribution in [0.4, 0.5) is 0 Å². The van der Waals surface area contributed by atoms with E-state index < -0.39 is 5.97 Å².